The molecule has 0 spiro atoms. The normalized spacial score (nSPS) is 25.2. The summed E-state index contributed by atoms with van der Waals surface area (Å²) >= 11 is 0. The average molecular weight is 226 g/mol. The van der Waals surface area contributed by atoms with E-state index in [1.54, 1.807) is 0 Å². The van der Waals surface area contributed by atoms with E-state index in [1.807, 2.05) is 24.3 Å². The third-order valence-electron chi connectivity index (χ3n) is 3.52. The van der Waals surface area contributed by atoms with Gasteiger partial charge in [-0.15, -0.1) is 0 Å². The number of benzene rings is 1. The summed E-state index contributed by atoms with van der Waals surface area (Å²) in [5.41, 5.74) is 1.70. The second-order valence-corrected chi connectivity index (χ2v) is 4.39. The first-order valence-corrected chi connectivity index (χ1v) is 5.71. The van der Waals surface area contributed by atoms with E-state index < -0.39 is 12.3 Å². The van der Waals surface area contributed by atoms with Gasteiger partial charge in [-0.1, -0.05) is 30.7 Å². The fraction of sp³-hybridized carbons (Fsp3) is 0.538. The molecule has 0 aliphatic heterocycles. The van der Waals surface area contributed by atoms with E-state index in [2.05, 4.69) is 0 Å². The summed E-state index contributed by atoms with van der Waals surface area (Å²) in [7, 11) is 0. The van der Waals surface area contributed by atoms with Gasteiger partial charge in [0.05, 0.1) is 6.61 Å². The van der Waals surface area contributed by atoms with Crippen LogP contribution in [0.5, 0.6) is 0 Å². The van der Waals surface area contributed by atoms with Crippen molar-refractivity contribution < 1.29 is 13.9 Å². The first-order chi connectivity index (χ1) is 7.74. The molecule has 2 unspecified atom stereocenters. The van der Waals surface area contributed by atoms with Crippen molar-refractivity contribution in [3.63, 3.8) is 0 Å². The predicted octanol–water partition coefficient (Wildman–Crippen LogP) is 3.33. The van der Waals surface area contributed by atoms with Crippen LogP contribution >= 0.6 is 0 Å². The van der Waals surface area contributed by atoms with Gasteiger partial charge in [0, 0.05) is 5.92 Å². The Morgan fingerprint density at radius 1 is 1.25 bits per heavy atom. The highest BCUT2D eigenvalue weighted by Crippen LogP contribution is 2.43. The minimum atomic E-state index is -2.25. The largest absolute Gasteiger partial charge is 0.392 e. The Labute approximate surface area is 94.1 Å². The van der Waals surface area contributed by atoms with Gasteiger partial charge in [0.1, 0.15) is 0 Å². The highest BCUT2D eigenvalue weighted by molar-refractivity contribution is 5.31. The molecule has 1 nitrogen and oxygen atoms in total. The highest BCUT2D eigenvalue weighted by atomic mass is 19.3. The zero-order valence-corrected chi connectivity index (χ0v) is 9.07. The van der Waals surface area contributed by atoms with Gasteiger partial charge in [-0.2, -0.15) is 0 Å². The summed E-state index contributed by atoms with van der Waals surface area (Å²) in [5, 5.41) is 9.22. The lowest BCUT2D eigenvalue weighted by Gasteiger charge is -2.21. The van der Waals surface area contributed by atoms with E-state index in [-0.39, 0.29) is 12.5 Å². The summed E-state index contributed by atoms with van der Waals surface area (Å²) in [5.74, 6) is -0.615. The van der Waals surface area contributed by atoms with Gasteiger partial charge in [-0.3, -0.25) is 0 Å². The molecule has 0 amide bonds. The Bertz CT molecular complexity index is 352. The fourth-order valence-electron chi connectivity index (χ4n) is 2.72. The molecule has 1 aromatic rings. The van der Waals surface area contributed by atoms with Gasteiger partial charge in [0.2, 0.25) is 6.43 Å². The topological polar surface area (TPSA) is 20.2 Å². The molecule has 0 bridgehead atoms. The Morgan fingerprint density at radius 2 is 2.00 bits per heavy atom. The van der Waals surface area contributed by atoms with Crippen molar-refractivity contribution in [2.24, 2.45) is 5.92 Å². The maximum Gasteiger partial charge on any atom is 0.242 e. The van der Waals surface area contributed by atoms with Crippen molar-refractivity contribution >= 4 is 0 Å². The van der Waals surface area contributed by atoms with Crippen molar-refractivity contribution in [1.82, 2.24) is 0 Å². The molecule has 0 aromatic heterocycles. The molecule has 0 saturated heterocycles. The molecule has 1 aliphatic carbocycles. The Kier molecular flexibility index (Phi) is 3.54. The first-order valence-electron chi connectivity index (χ1n) is 5.71. The van der Waals surface area contributed by atoms with E-state index >= 15 is 0 Å². The quantitative estimate of drug-likeness (QED) is 0.838. The van der Waals surface area contributed by atoms with Gasteiger partial charge in [0.15, 0.2) is 0 Å². The maximum absolute atomic E-state index is 12.8. The molecule has 1 N–H and O–H groups in total. The van der Waals surface area contributed by atoms with E-state index in [4.69, 9.17) is 0 Å². The van der Waals surface area contributed by atoms with Gasteiger partial charge < -0.3 is 5.11 Å². The van der Waals surface area contributed by atoms with Crippen LogP contribution in [0.3, 0.4) is 0 Å². The van der Waals surface area contributed by atoms with Crippen molar-refractivity contribution in [2.75, 3.05) is 0 Å². The number of hydrogen-bond acceptors (Lipinski definition) is 1. The maximum atomic E-state index is 12.8. The molecule has 2 atom stereocenters. The third kappa shape index (κ3) is 2.09. The molecular weight excluding hydrogens is 210 g/mol. The highest BCUT2D eigenvalue weighted by Gasteiger charge is 2.35. The predicted molar refractivity (Wildman–Crippen MR) is 58.5 cm³/mol. The number of rotatable bonds is 3. The van der Waals surface area contributed by atoms with Gasteiger partial charge in [-0.25, -0.2) is 8.78 Å². The van der Waals surface area contributed by atoms with E-state index in [0.717, 1.165) is 24.0 Å². The van der Waals surface area contributed by atoms with Crippen LogP contribution in [0.4, 0.5) is 8.78 Å². The van der Waals surface area contributed by atoms with Crippen LogP contribution in [0, 0.1) is 5.92 Å². The standard InChI is InChI=1S/C13H16F2O/c14-13(15)12-7-3-6-11(12)10-5-2-1-4-9(10)8-16/h1-2,4-5,11-13,16H,3,6-8H2. The lowest BCUT2D eigenvalue weighted by Crippen LogP contribution is -2.16. The number of aliphatic hydroxyl groups is 1. The van der Waals surface area contributed by atoms with Crippen LogP contribution < -0.4 is 0 Å². The van der Waals surface area contributed by atoms with Gasteiger partial charge in [-0.05, 0) is 29.9 Å². The Hall–Kier alpha value is -0.960. The Balaban J connectivity index is 2.28. The summed E-state index contributed by atoms with van der Waals surface area (Å²) in [6.45, 7) is -0.0668. The second kappa shape index (κ2) is 4.91. The SMILES string of the molecule is OCc1ccccc1C1CCCC1C(F)F. The van der Waals surface area contributed by atoms with Crippen LogP contribution in [-0.2, 0) is 6.61 Å². The zero-order valence-electron chi connectivity index (χ0n) is 9.07. The molecule has 3 heteroatoms. The number of hydrogen-bond donors (Lipinski definition) is 1. The summed E-state index contributed by atoms with van der Waals surface area (Å²) in [6.07, 6.45) is 0.0207. The van der Waals surface area contributed by atoms with Crippen molar-refractivity contribution in [1.29, 1.82) is 0 Å². The van der Waals surface area contributed by atoms with Crippen LogP contribution in [0.15, 0.2) is 24.3 Å². The zero-order chi connectivity index (χ0) is 11.5. The molecule has 2 rings (SSSR count). The summed E-state index contributed by atoms with van der Waals surface area (Å²) in [4.78, 5) is 0. The molecule has 0 heterocycles. The van der Waals surface area contributed by atoms with E-state index in [9.17, 15) is 13.9 Å². The van der Waals surface area contributed by atoms with E-state index in [0.29, 0.717) is 6.42 Å². The van der Waals surface area contributed by atoms with Crippen LogP contribution in [-0.4, -0.2) is 11.5 Å². The molecular formula is C13H16F2O. The minimum Gasteiger partial charge on any atom is -0.392 e. The minimum absolute atomic E-state index is 0.0668. The second-order valence-electron chi connectivity index (χ2n) is 4.39. The average Bonchev–Trinajstić information content (AvgIpc) is 2.77. The molecule has 16 heavy (non-hydrogen) atoms. The molecule has 1 saturated carbocycles. The first kappa shape index (κ1) is 11.5. The monoisotopic (exact) mass is 226 g/mol. The number of aliphatic hydroxyl groups excluding tert-OH is 1. The van der Waals surface area contributed by atoms with E-state index in [1.165, 1.54) is 0 Å². The molecule has 1 fully saturated rings. The van der Waals surface area contributed by atoms with Crippen LogP contribution in [0.1, 0.15) is 36.3 Å². The van der Waals surface area contributed by atoms with Gasteiger partial charge in [0.25, 0.3) is 0 Å². The fourth-order valence-corrected chi connectivity index (χ4v) is 2.72. The third-order valence-corrected chi connectivity index (χ3v) is 3.52. The van der Waals surface area contributed by atoms with Gasteiger partial charge >= 0.3 is 0 Å². The van der Waals surface area contributed by atoms with Crippen LogP contribution in [0.25, 0.3) is 0 Å². The van der Waals surface area contributed by atoms with Crippen molar-refractivity contribution in [3.05, 3.63) is 35.4 Å². The van der Waals surface area contributed by atoms with Crippen molar-refractivity contribution in [3.8, 4) is 0 Å². The summed E-state index contributed by atoms with van der Waals surface area (Å²) in [6, 6.07) is 7.38. The number of halogens is 2. The lowest BCUT2D eigenvalue weighted by atomic mass is 9.86. The Morgan fingerprint density at radius 3 is 2.69 bits per heavy atom. The number of alkyl halides is 2. The van der Waals surface area contributed by atoms with Crippen LogP contribution in [0.2, 0.25) is 0 Å². The summed E-state index contributed by atoms with van der Waals surface area (Å²) < 4.78 is 25.7. The smallest absolute Gasteiger partial charge is 0.242 e. The molecule has 1 aromatic carbocycles. The molecule has 1 aliphatic rings. The molecule has 0 radical (unpaired) electrons. The lowest BCUT2D eigenvalue weighted by molar-refractivity contribution is 0.0713. The molecule has 88 valence electrons. The van der Waals surface area contributed by atoms with Crippen molar-refractivity contribution in [2.45, 2.75) is 38.2 Å².